The lowest BCUT2D eigenvalue weighted by atomic mass is 9.99. The number of aliphatic carboxylic acids is 1. The molecule has 0 spiro atoms. The number of carbonyl (C=O) groups is 2. The number of carboxylic acid groups (broad SMARTS) is 1. The maximum atomic E-state index is 13.0. The van der Waals surface area contributed by atoms with E-state index in [0.29, 0.717) is 19.5 Å². The first kappa shape index (κ1) is 15.3. The van der Waals surface area contributed by atoms with Crippen LogP contribution in [0.4, 0.5) is 9.18 Å². The maximum absolute atomic E-state index is 13.0. The van der Waals surface area contributed by atoms with Crippen molar-refractivity contribution in [2.24, 2.45) is 11.8 Å². The van der Waals surface area contributed by atoms with Crippen LogP contribution in [0.15, 0.2) is 24.3 Å². The Morgan fingerprint density at radius 2 is 2.19 bits per heavy atom. The Bertz CT molecular complexity index is 535. The fraction of sp³-hybridized carbons (Fsp3) is 0.467. The van der Waals surface area contributed by atoms with Gasteiger partial charge in [0.2, 0.25) is 0 Å². The van der Waals surface area contributed by atoms with Gasteiger partial charge in [0.15, 0.2) is 0 Å². The van der Waals surface area contributed by atoms with Crippen LogP contribution in [-0.2, 0) is 11.2 Å². The predicted molar refractivity (Wildman–Crippen MR) is 75.4 cm³/mol. The quantitative estimate of drug-likeness (QED) is 0.888. The van der Waals surface area contributed by atoms with Gasteiger partial charge in [-0.2, -0.15) is 0 Å². The molecule has 5 nitrogen and oxygen atoms in total. The summed E-state index contributed by atoms with van der Waals surface area (Å²) in [5.41, 5.74) is 0.813. The maximum Gasteiger partial charge on any atom is 0.317 e. The second kappa shape index (κ2) is 6.56. The summed E-state index contributed by atoms with van der Waals surface area (Å²) >= 11 is 0. The number of amides is 2. The van der Waals surface area contributed by atoms with Gasteiger partial charge in [0.05, 0.1) is 5.92 Å². The van der Waals surface area contributed by atoms with Crippen LogP contribution < -0.4 is 5.32 Å². The van der Waals surface area contributed by atoms with E-state index in [4.69, 9.17) is 5.11 Å². The number of nitrogens with one attached hydrogen (secondary N) is 1. The summed E-state index contributed by atoms with van der Waals surface area (Å²) in [6.45, 7) is 2.91. The summed E-state index contributed by atoms with van der Waals surface area (Å²) in [5, 5.41) is 11.8. The first-order valence-corrected chi connectivity index (χ1v) is 6.97. The van der Waals surface area contributed by atoms with Crippen LogP contribution in [-0.4, -0.2) is 41.6 Å². The van der Waals surface area contributed by atoms with Gasteiger partial charge in [0.25, 0.3) is 0 Å². The van der Waals surface area contributed by atoms with Crippen LogP contribution in [0.2, 0.25) is 0 Å². The Balaban J connectivity index is 1.79. The molecule has 1 aliphatic rings. The lowest BCUT2D eigenvalue weighted by Gasteiger charge is -2.16. The van der Waals surface area contributed by atoms with Crippen molar-refractivity contribution in [1.29, 1.82) is 0 Å². The van der Waals surface area contributed by atoms with Crippen LogP contribution in [0.3, 0.4) is 0 Å². The molecule has 2 amide bonds. The smallest absolute Gasteiger partial charge is 0.317 e. The number of carbonyl (C=O) groups excluding carboxylic acids is 1. The highest BCUT2D eigenvalue weighted by Crippen LogP contribution is 2.22. The minimum Gasteiger partial charge on any atom is -0.481 e. The van der Waals surface area contributed by atoms with Gasteiger partial charge < -0.3 is 15.3 Å². The molecule has 0 aromatic heterocycles. The number of halogens is 1. The van der Waals surface area contributed by atoms with Gasteiger partial charge in [-0.1, -0.05) is 19.1 Å². The highest BCUT2D eigenvalue weighted by atomic mass is 19.1. The number of likely N-dealkylation sites (tertiary alicyclic amines) is 1. The largest absolute Gasteiger partial charge is 0.481 e. The monoisotopic (exact) mass is 294 g/mol. The first-order valence-electron chi connectivity index (χ1n) is 6.97. The van der Waals surface area contributed by atoms with E-state index in [-0.39, 0.29) is 24.3 Å². The molecule has 1 fully saturated rings. The highest BCUT2D eigenvalue weighted by Gasteiger charge is 2.36. The minimum absolute atomic E-state index is 0.0449. The molecule has 1 aromatic carbocycles. The summed E-state index contributed by atoms with van der Waals surface area (Å²) < 4.78 is 13.0. The van der Waals surface area contributed by atoms with Gasteiger partial charge in [0.1, 0.15) is 5.82 Å². The number of urea groups is 1. The zero-order valence-corrected chi connectivity index (χ0v) is 11.9. The molecule has 1 aliphatic heterocycles. The fourth-order valence-electron chi connectivity index (χ4n) is 2.57. The van der Waals surface area contributed by atoms with Crippen LogP contribution >= 0.6 is 0 Å². The normalized spacial score (nSPS) is 21.3. The van der Waals surface area contributed by atoms with E-state index < -0.39 is 11.9 Å². The second-order valence-electron chi connectivity index (χ2n) is 5.44. The van der Waals surface area contributed by atoms with Crippen molar-refractivity contribution in [3.63, 3.8) is 0 Å². The summed E-state index contributed by atoms with van der Waals surface area (Å²) in [6, 6.07) is 5.98. The molecular formula is C15H19FN2O3. The minimum atomic E-state index is -0.863. The van der Waals surface area contributed by atoms with Gasteiger partial charge in [-0.15, -0.1) is 0 Å². The van der Waals surface area contributed by atoms with E-state index in [0.717, 1.165) is 5.56 Å². The van der Waals surface area contributed by atoms with E-state index in [2.05, 4.69) is 5.32 Å². The Labute approximate surface area is 122 Å². The SMILES string of the molecule is C[C@@H]1CN(C(=O)NCCc2cccc(F)c2)C[C@H]1C(=O)O. The van der Waals surface area contributed by atoms with Crippen LogP contribution in [0.25, 0.3) is 0 Å². The second-order valence-corrected chi connectivity index (χ2v) is 5.44. The van der Waals surface area contributed by atoms with Crippen molar-refractivity contribution < 1.29 is 19.1 Å². The molecule has 2 N–H and O–H groups in total. The average molecular weight is 294 g/mol. The molecule has 2 rings (SSSR count). The Morgan fingerprint density at radius 1 is 1.43 bits per heavy atom. The van der Waals surface area contributed by atoms with Crippen molar-refractivity contribution in [3.05, 3.63) is 35.6 Å². The summed E-state index contributed by atoms with van der Waals surface area (Å²) in [4.78, 5) is 24.5. The van der Waals surface area contributed by atoms with Gasteiger partial charge >= 0.3 is 12.0 Å². The van der Waals surface area contributed by atoms with Gasteiger partial charge in [0, 0.05) is 19.6 Å². The number of nitrogens with zero attached hydrogens (tertiary/aromatic N) is 1. The third-order valence-corrected chi connectivity index (χ3v) is 3.80. The lowest BCUT2D eigenvalue weighted by molar-refractivity contribution is -0.142. The van der Waals surface area contributed by atoms with E-state index in [1.165, 1.54) is 17.0 Å². The number of benzene rings is 1. The van der Waals surface area contributed by atoms with Crippen LogP contribution in [0.1, 0.15) is 12.5 Å². The van der Waals surface area contributed by atoms with Crippen molar-refractivity contribution in [2.45, 2.75) is 13.3 Å². The van der Waals surface area contributed by atoms with Crippen molar-refractivity contribution in [2.75, 3.05) is 19.6 Å². The summed E-state index contributed by atoms with van der Waals surface area (Å²) in [6.07, 6.45) is 0.537. The van der Waals surface area contributed by atoms with Crippen LogP contribution in [0.5, 0.6) is 0 Å². The molecule has 114 valence electrons. The highest BCUT2D eigenvalue weighted by molar-refractivity contribution is 5.77. The Hall–Kier alpha value is -2.11. The van der Waals surface area contributed by atoms with E-state index in [9.17, 15) is 14.0 Å². The fourth-order valence-corrected chi connectivity index (χ4v) is 2.57. The zero-order chi connectivity index (χ0) is 15.4. The van der Waals surface area contributed by atoms with Gasteiger partial charge in [-0.25, -0.2) is 9.18 Å². The molecule has 1 aromatic rings. The van der Waals surface area contributed by atoms with Gasteiger partial charge in [-0.3, -0.25) is 4.79 Å². The number of hydrogen-bond donors (Lipinski definition) is 2. The molecule has 0 radical (unpaired) electrons. The number of hydrogen-bond acceptors (Lipinski definition) is 2. The van der Waals surface area contributed by atoms with Crippen LogP contribution in [0, 0.1) is 17.7 Å². The van der Waals surface area contributed by atoms with E-state index >= 15 is 0 Å². The molecule has 6 heteroatoms. The molecule has 1 saturated heterocycles. The molecule has 0 unspecified atom stereocenters. The number of carboxylic acids is 1. The summed E-state index contributed by atoms with van der Waals surface area (Å²) in [7, 11) is 0. The zero-order valence-electron chi connectivity index (χ0n) is 11.9. The van der Waals surface area contributed by atoms with Crippen molar-refractivity contribution in [1.82, 2.24) is 10.2 Å². The molecule has 1 heterocycles. The van der Waals surface area contributed by atoms with Gasteiger partial charge in [-0.05, 0) is 30.0 Å². The molecule has 2 atom stereocenters. The standard InChI is InChI=1S/C15H19FN2O3/c1-10-8-18(9-13(10)14(19)20)15(21)17-6-5-11-3-2-4-12(16)7-11/h2-4,7,10,13H,5-6,8-9H2,1H3,(H,17,21)(H,19,20)/t10-,13-/m1/s1. The molecule has 0 saturated carbocycles. The number of rotatable bonds is 4. The molecular weight excluding hydrogens is 275 g/mol. The predicted octanol–water partition coefficient (Wildman–Crippen LogP) is 1.73. The average Bonchev–Trinajstić information content (AvgIpc) is 2.81. The molecule has 0 aliphatic carbocycles. The third-order valence-electron chi connectivity index (χ3n) is 3.80. The van der Waals surface area contributed by atoms with E-state index in [1.807, 2.05) is 6.92 Å². The first-order chi connectivity index (χ1) is 9.97. The molecule has 0 bridgehead atoms. The Morgan fingerprint density at radius 3 is 2.81 bits per heavy atom. The topological polar surface area (TPSA) is 69.6 Å². The third kappa shape index (κ3) is 3.93. The Kier molecular flexibility index (Phi) is 4.77. The lowest BCUT2D eigenvalue weighted by Crippen LogP contribution is -2.39. The van der Waals surface area contributed by atoms with Crippen molar-refractivity contribution in [3.8, 4) is 0 Å². The van der Waals surface area contributed by atoms with Crippen molar-refractivity contribution >= 4 is 12.0 Å². The summed E-state index contributed by atoms with van der Waals surface area (Å²) in [5.74, 6) is -1.70. The van der Waals surface area contributed by atoms with E-state index in [1.54, 1.807) is 12.1 Å². The molecule has 21 heavy (non-hydrogen) atoms.